The van der Waals surface area contributed by atoms with Gasteiger partial charge in [0.2, 0.25) is 0 Å². The number of Topliss-reactive ketones (excluding diaryl/α,β-unsaturated/α-hetero) is 1. The molecular weight excluding hydrogens is 876 g/mol. The number of nitrogens with one attached hydrogen (secondary N) is 3. The number of aromatic nitrogens is 2. The number of nitrogens with zero attached hydrogens (tertiary/aromatic N) is 5. The molecule has 9 rings (SSSR count). The number of anilines is 4. The number of hydrogen-bond donors (Lipinski definition) is 3. The van der Waals surface area contributed by atoms with Gasteiger partial charge in [0.05, 0.1) is 58.8 Å². The van der Waals surface area contributed by atoms with Crippen LogP contribution in [0.3, 0.4) is 0 Å². The van der Waals surface area contributed by atoms with E-state index in [9.17, 15) is 28.1 Å². The van der Waals surface area contributed by atoms with Crippen LogP contribution in [0.15, 0.2) is 89.5 Å². The molecule has 1 amide bonds. The number of fused-ring (bicyclic) bond motifs is 2. The van der Waals surface area contributed by atoms with E-state index in [0.717, 1.165) is 48.8 Å². The summed E-state index contributed by atoms with van der Waals surface area (Å²) in [5.74, 6) is -1.10. The highest BCUT2D eigenvalue weighted by Crippen LogP contribution is 2.40. The summed E-state index contributed by atoms with van der Waals surface area (Å²) in [6.07, 6.45) is 2.51. The van der Waals surface area contributed by atoms with E-state index in [0.29, 0.717) is 61.3 Å². The van der Waals surface area contributed by atoms with Crippen LogP contribution in [0.2, 0.25) is 5.02 Å². The molecule has 2 fully saturated rings. The van der Waals surface area contributed by atoms with Crippen LogP contribution in [0.5, 0.6) is 0 Å². The minimum absolute atomic E-state index is 0.0227. The third kappa shape index (κ3) is 9.59. The molecule has 0 unspecified atom stereocenters. The van der Waals surface area contributed by atoms with E-state index in [-0.39, 0.29) is 48.0 Å². The first-order valence-corrected chi connectivity index (χ1v) is 23.4. The molecule has 0 aliphatic carbocycles. The SMILES string of the molecule is CC1(C)CC(c2ccc(Cl)cc2)=C(CN2CCN(c3ccc(C(=O)NS(=O)(=O)c4ccc(N[C@H]5COCCO5)c([N+](=O)[O-])c4)c(N4CCCC(=O)c5nc6[nH]ccc6cc54)c3)CC2)CO1. The number of halogens is 1. The largest absolute Gasteiger partial charge is 0.374 e. The number of ketones is 1. The molecule has 5 aromatic rings. The number of rotatable bonds is 11. The summed E-state index contributed by atoms with van der Waals surface area (Å²) in [5.41, 5.74) is 5.35. The van der Waals surface area contributed by atoms with Gasteiger partial charge in [-0.1, -0.05) is 23.7 Å². The van der Waals surface area contributed by atoms with Crippen molar-refractivity contribution in [1.82, 2.24) is 19.6 Å². The summed E-state index contributed by atoms with van der Waals surface area (Å²) in [6.45, 7) is 9.46. The molecule has 0 spiro atoms. The van der Waals surface area contributed by atoms with Gasteiger partial charge in [-0.15, -0.1) is 0 Å². The molecule has 3 N–H and O–H groups in total. The van der Waals surface area contributed by atoms with Gasteiger partial charge >= 0.3 is 0 Å². The minimum atomic E-state index is -4.65. The molecule has 2 aromatic heterocycles. The molecule has 4 aliphatic rings. The zero-order valence-electron chi connectivity index (χ0n) is 36.0. The number of carbonyl (C=O) groups is 2. The predicted octanol–water partition coefficient (Wildman–Crippen LogP) is 6.92. The Labute approximate surface area is 380 Å². The third-order valence-electron chi connectivity index (χ3n) is 12.2. The van der Waals surface area contributed by atoms with Crippen LogP contribution in [0.1, 0.15) is 59.5 Å². The topological polar surface area (TPSA) is 202 Å². The molecule has 2 saturated heterocycles. The van der Waals surface area contributed by atoms with Gasteiger partial charge in [0, 0.05) is 80.5 Å². The Morgan fingerprint density at radius 2 is 1.80 bits per heavy atom. The number of aromatic amines is 1. The van der Waals surface area contributed by atoms with Crippen molar-refractivity contribution in [3.8, 4) is 0 Å². The standard InChI is InChI=1S/C46H49ClN8O9S/c1-46(2)25-36(29-5-7-32(47)8-6-29)31(27-64-46)26-52-16-18-53(19-17-52)33-9-11-35(38(23-33)54-15-3-4-41(56)43-40(54)22-30-13-14-48-44(30)50-43)45(57)51-65(60,61)34-10-12-37(39(24-34)55(58)59)49-42-28-62-20-21-63-42/h5-14,22-24,42,49H,3-4,15-21,25-28H2,1-2H3,(H,48,50)(H,51,57)/t42-/m1/s1. The molecule has 65 heavy (non-hydrogen) atoms. The van der Waals surface area contributed by atoms with Gasteiger partial charge in [0.1, 0.15) is 17.0 Å². The van der Waals surface area contributed by atoms with Crippen molar-refractivity contribution < 1.29 is 37.1 Å². The highest BCUT2D eigenvalue weighted by Gasteiger charge is 2.33. The maximum absolute atomic E-state index is 14.4. The lowest BCUT2D eigenvalue weighted by molar-refractivity contribution is -0.384. The van der Waals surface area contributed by atoms with Crippen LogP contribution in [-0.4, -0.2) is 117 Å². The lowest BCUT2D eigenvalue weighted by atomic mass is 9.87. The lowest BCUT2D eigenvalue weighted by Gasteiger charge is -2.39. The van der Waals surface area contributed by atoms with Crippen molar-refractivity contribution in [3.05, 3.63) is 117 Å². The summed E-state index contributed by atoms with van der Waals surface area (Å²) in [7, 11) is -4.65. The van der Waals surface area contributed by atoms with Crippen molar-refractivity contribution in [1.29, 1.82) is 0 Å². The summed E-state index contributed by atoms with van der Waals surface area (Å²) in [5, 5.41) is 16.5. The van der Waals surface area contributed by atoms with Crippen molar-refractivity contribution in [3.63, 3.8) is 0 Å². The maximum Gasteiger partial charge on any atom is 0.293 e. The number of piperazine rings is 1. The fourth-order valence-corrected chi connectivity index (χ4v) is 9.95. The Bertz CT molecular complexity index is 2800. The molecule has 340 valence electrons. The second-order valence-electron chi connectivity index (χ2n) is 17.2. The van der Waals surface area contributed by atoms with E-state index in [1.54, 1.807) is 18.3 Å². The smallest absolute Gasteiger partial charge is 0.293 e. The highest BCUT2D eigenvalue weighted by molar-refractivity contribution is 7.90. The molecule has 4 aliphatic heterocycles. The maximum atomic E-state index is 14.4. The van der Waals surface area contributed by atoms with E-state index in [2.05, 4.69) is 55.8 Å². The van der Waals surface area contributed by atoms with Crippen LogP contribution in [0.4, 0.5) is 28.4 Å². The molecule has 19 heteroatoms. The average Bonchev–Trinajstić information content (AvgIpc) is 3.70. The quantitative estimate of drug-likeness (QED) is 0.0911. The molecule has 17 nitrogen and oxygen atoms in total. The van der Waals surface area contributed by atoms with Crippen molar-refractivity contribution in [2.75, 3.05) is 80.8 Å². The van der Waals surface area contributed by atoms with Crippen molar-refractivity contribution in [2.45, 2.75) is 49.8 Å². The van der Waals surface area contributed by atoms with E-state index >= 15 is 0 Å². The molecular formula is C46H49ClN8O9S. The Balaban J connectivity index is 1.01. The number of pyridine rings is 1. The second-order valence-corrected chi connectivity index (χ2v) is 19.3. The number of nitro benzene ring substituents is 1. The fraction of sp³-hybridized carbons (Fsp3) is 0.370. The first-order valence-electron chi connectivity index (χ1n) is 21.5. The molecule has 0 saturated carbocycles. The number of nitro groups is 1. The molecule has 0 radical (unpaired) electrons. The van der Waals surface area contributed by atoms with E-state index in [1.807, 2.05) is 35.2 Å². The van der Waals surface area contributed by atoms with Gasteiger partial charge in [-0.05, 0) is 91.6 Å². The first kappa shape index (κ1) is 44.3. The van der Waals surface area contributed by atoms with Gasteiger partial charge in [0.25, 0.3) is 21.6 Å². The number of hydrogen-bond acceptors (Lipinski definition) is 14. The van der Waals surface area contributed by atoms with Crippen molar-refractivity contribution in [2.24, 2.45) is 0 Å². The zero-order valence-corrected chi connectivity index (χ0v) is 37.5. The highest BCUT2D eigenvalue weighted by atomic mass is 35.5. The number of carbonyl (C=O) groups excluding carboxylic acids is 2. The third-order valence-corrected chi connectivity index (χ3v) is 13.8. The van der Waals surface area contributed by atoms with Crippen LogP contribution in [0, 0.1) is 10.1 Å². The molecule has 0 bridgehead atoms. The number of ether oxygens (including phenoxy) is 3. The summed E-state index contributed by atoms with van der Waals surface area (Å²) >= 11 is 6.24. The predicted molar refractivity (Wildman–Crippen MR) is 247 cm³/mol. The molecule has 3 aromatic carbocycles. The van der Waals surface area contributed by atoms with Gasteiger partial charge in [-0.2, -0.15) is 0 Å². The van der Waals surface area contributed by atoms with Crippen LogP contribution >= 0.6 is 11.6 Å². The van der Waals surface area contributed by atoms with Gasteiger partial charge < -0.3 is 34.3 Å². The zero-order chi connectivity index (χ0) is 45.5. The van der Waals surface area contributed by atoms with Crippen LogP contribution in [0.25, 0.3) is 16.6 Å². The van der Waals surface area contributed by atoms with E-state index in [1.165, 1.54) is 23.3 Å². The van der Waals surface area contributed by atoms with E-state index in [4.69, 9.17) is 25.8 Å². The number of H-pyrrole nitrogens is 1. The number of amides is 1. The molecule has 1 atom stereocenters. The second kappa shape index (κ2) is 18.2. The van der Waals surface area contributed by atoms with Gasteiger partial charge in [-0.3, -0.25) is 24.6 Å². The monoisotopic (exact) mass is 924 g/mol. The van der Waals surface area contributed by atoms with Crippen LogP contribution in [-0.2, 0) is 24.2 Å². The van der Waals surface area contributed by atoms with Crippen molar-refractivity contribution >= 4 is 78.4 Å². The fourth-order valence-electron chi connectivity index (χ4n) is 8.84. The summed E-state index contributed by atoms with van der Waals surface area (Å²) < 4.78 is 47.2. The number of benzene rings is 3. The summed E-state index contributed by atoms with van der Waals surface area (Å²) in [6, 6.07) is 20.2. The Kier molecular flexibility index (Phi) is 12.4. The van der Waals surface area contributed by atoms with Crippen LogP contribution < -0.4 is 19.8 Å². The van der Waals surface area contributed by atoms with Gasteiger partial charge in [-0.25, -0.2) is 18.1 Å². The summed E-state index contributed by atoms with van der Waals surface area (Å²) in [4.78, 5) is 53.1. The lowest BCUT2D eigenvalue weighted by Crippen LogP contribution is -2.47. The van der Waals surface area contributed by atoms with E-state index < -0.39 is 37.7 Å². The average molecular weight is 925 g/mol. The normalized spacial score (nSPS) is 19.5. The molecule has 6 heterocycles. The van der Waals surface area contributed by atoms with Gasteiger partial charge in [0.15, 0.2) is 12.0 Å². The first-order chi connectivity index (χ1) is 31.2. The number of sulfonamides is 1. The Morgan fingerprint density at radius 1 is 1.00 bits per heavy atom. The Morgan fingerprint density at radius 3 is 2.55 bits per heavy atom. The minimum Gasteiger partial charge on any atom is -0.374 e. The Hall–Kier alpha value is -5.89.